The van der Waals surface area contributed by atoms with Crippen molar-refractivity contribution in [1.82, 2.24) is 19.6 Å². The van der Waals surface area contributed by atoms with Crippen LogP contribution in [0.5, 0.6) is 5.75 Å². The van der Waals surface area contributed by atoms with Crippen LogP contribution in [0.4, 0.5) is 13.2 Å². The predicted molar refractivity (Wildman–Crippen MR) is 91.2 cm³/mol. The summed E-state index contributed by atoms with van der Waals surface area (Å²) in [6, 6.07) is 3.52. The molecule has 0 aliphatic carbocycles. The third kappa shape index (κ3) is 4.02. The Labute approximate surface area is 163 Å². The Morgan fingerprint density at radius 1 is 1.24 bits per heavy atom. The second kappa shape index (κ2) is 7.57. The number of nitrogens with zero attached hydrogens (tertiary/aromatic N) is 3. The smallest absolute Gasteiger partial charge is 0.480 e. The Balaban J connectivity index is 2.04. The zero-order chi connectivity index (χ0) is 21.3. The van der Waals surface area contributed by atoms with Gasteiger partial charge in [-0.25, -0.2) is 13.2 Å². The Bertz CT molecular complexity index is 986. The molecule has 3 rings (SSSR count). The Kier molecular flexibility index (Phi) is 5.47. The number of hydrogen-bond acceptors (Lipinski definition) is 7. The lowest BCUT2D eigenvalue weighted by Gasteiger charge is -2.42. The summed E-state index contributed by atoms with van der Waals surface area (Å²) in [7, 11) is -4.42. The molecule has 1 aromatic heterocycles. The van der Waals surface area contributed by atoms with Gasteiger partial charge in [-0.1, -0.05) is 0 Å². The minimum atomic E-state index is -4.93. The number of ether oxygens (including phenoxy) is 1. The lowest BCUT2D eigenvalue weighted by molar-refractivity contribution is -0.274. The third-order valence-corrected chi connectivity index (χ3v) is 6.23. The summed E-state index contributed by atoms with van der Waals surface area (Å²) in [6.07, 6.45) is -1.22. The average Bonchev–Trinajstić information content (AvgIpc) is 2.67. The highest BCUT2D eigenvalue weighted by Gasteiger charge is 2.54. The summed E-state index contributed by atoms with van der Waals surface area (Å²) >= 11 is 0. The summed E-state index contributed by atoms with van der Waals surface area (Å²) in [5.41, 5.74) is -2.17. The van der Waals surface area contributed by atoms with Gasteiger partial charge in [-0.2, -0.15) is 4.31 Å². The number of alkyl halides is 3. The lowest BCUT2D eigenvalue weighted by Crippen LogP contribution is -2.64. The number of carboxylic acids is 1. The van der Waals surface area contributed by atoms with Crippen LogP contribution in [0.25, 0.3) is 0 Å². The number of sulfonamides is 1. The molecule has 0 bridgehead atoms. The van der Waals surface area contributed by atoms with E-state index in [0.717, 1.165) is 34.8 Å². The van der Waals surface area contributed by atoms with E-state index in [1.807, 2.05) is 0 Å². The number of piperazine rings is 1. The van der Waals surface area contributed by atoms with E-state index in [2.05, 4.69) is 20.0 Å². The zero-order valence-corrected chi connectivity index (χ0v) is 15.4. The summed E-state index contributed by atoms with van der Waals surface area (Å²) in [4.78, 5) is 19.6. The number of nitrogens with one attached hydrogen (secondary N) is 1. The molecular weight excluding hydrogens is 417 g/mol. The van der Waals surface area contributed by atoms with Crippen molar-refractivity contribution in [3.8, 4) is 5.75 Å². The Morgan fingerprint density at radius 3 is 2.48 bits per heavy atom. The first kappa shape index (κ1) is 21.0. The van der Waals surface area contributed by atoms with Crippen LogP contribution in [0.1, 0.15) is 5.69 Å². The average molecular weight is 432 g/mol. The molecule has 2 heterocycles. The van der Waals surface area contributed by atoms with Crippen LogP contribution >= 0.6 is 0 Å². The molecule has 0 saturated carbocycles. The predicted octanol–water partition coefficient (Wildman–Crippen LogP) is 0.949. The first-order chi connectivity index (χ1) is 13.6. The fourth-order valence-electron chi connectivity index (χ4n) is 3.02. The van der Waals surface area contributed by atoms with Crippen LogP contribution in [0.15, 0.2) is 47.8 Å². The van der Waals surface area contributed by atoms with Crippen LogP contribution in [0, 0.1) is 0 Å². The number of benzene rings is 1. The molecular formula is C16H15F3N4O5S. The van der Waals surface area contributed by atoms with Crippen LogP contribution in [0.2, 0.25) is 0 Å². The highest BCUT2D eigenvalue weighted by molar-refractivity contribution is 7.89. The molecule has 29 heavy (non-hydrogen) atoms. The van der Waals surface area contributed by atoms with E-state index in [-0.39, 0.29) is 30.2 Å². The van der Waals surface area contributed by atoms with Crippen LogP contribution in [0.3, 0.4) is 0 Å². The maximum atomic E-state index is 13.2. The van der Waals surface area contributed by atoms with Crippen molar-refractivity contribution in [2.75, 3.05) is 19.6 Å². The van der Waals surface area contributed by atoms with Gasteiger partial charge in [-0.3, -0.25) is 9.97 Å². The largest absolute Gasteiger partial charge is 0.573 e. The molecule has 9 nitrogen and oxygen atoms in total. The molecule has 0 amide bonds. The topological polar surface area (TPSA) is 122 Å². The standard InChI is InChI=1S/C16H15F3N4O5S/c17-16(18,19)28-11-1-3-12(4-2-11)29(26,27)23-8-7-21-10-15(23,14(24)25)13-9-20-5-6-22-13/h1-6,9,21H,7-8,10H2,(H,24,25). The van der Waals surface area contributed by atoms with Gasteiger partial charge in [0.15, 0.2) is 5.54 Å². The van der Waals surface area contributed by atoms with Crippen LogP contribution in [-0.4, -0.2) is 59.8 Å². The zero-order valence-electron chi connectivity index (χ0n) is 14.6. The molecule has 1 aromatic carbocycles. The fraction of sp³-hybridized carbons (Fsp3) is 0.312. The number of aromatic nitrogens is 2. The van der Waals surface area contributed by atoms with Gasteiger partial charge in [-0.05, 0) is 24.3 Å². The van der Waals surface area contributed by atoms with Crippen molar-refractivity contribution in [2.24, 2.45) is 0 Å². The van der Waals surface area contributed by atoms with Gasteiger partial charge >= 0.3 is 12.3 Å². The minimum Gasteiger partial charge on any atom is -0.480 e. The molecule has 1 aliphatic heterocycles. The molecule has 2 N–H and O–H groups in total. The van der Waals surface area contributed by atoms with Gasteiger partial charge < -0.3 is 15.2 Å². The summed E-state index contributed by atoms with van der Waals surface area (Å²) in [5.74, 6) is -2.07. The normalized spacial score (nSPS) is 20.9. The molecule has 1 saturated heterocycles. The van der Waals surface area contributed by atoms with Crippen molar-refractivity contribution < 1.29 is 36.2 Å². The quantitative estimate of drug-likeness (QED) is 0.716. The third-order valence-electron chi connectivity index (χ3n) is 4.28. The second-order valence-electron chi connectivity index (χ2n) is 6.03. The van der Waals surface area contributed by atoms with Crippen molar-refractivity contribution in [1.29, 1.82) is 0 Å². The Morgan fingerprint density at radius 2 is 1.93 bits per heavy atom. The summed E-state index contributed by atoms with van der Waals surface area (Å²) in [5, 5.41) is 12.8. The van der Waals surface area contributed by atoms with Crippen molar-refractivity contribution >= 4 is 16.0 Å². The number of carboxylic acid groups (broad SMARTS) is 1. The van der Waals surface area contributed by atoms with E-state index in [1.165, 1.54) is 12.4 Å². The van der Waals surface area contributed by atoms with Gasteiger partial charge in [0, 0.05) is 32.0 Å². The first-order valence-electron chi connectivity index (χ1n) is 8.17. The molecule has 13 heteroatoms. The van der Waals surface area contributed by atoms with E-state index in [1.54, 1.807) is 0 Å². The number of rotatable bonds is 5. The van der Waals surface area contributed by atoms with Gasteiger partial charge in [0.25, 0.3) is 0 Å². The second-order valence-corrected chi connectivity index (χ2v) is 7.89. The number of aliphatic carboxylic acids is 1. The van der Waals surface area contributed by atoms with Gasteiger partial charge in [0.2, 0.25) is 10.0 Å². The van der Waals surface area contributed by atoms with Gasteiger partial charge in [0.05, 0.1) is 16.8 Å². The van der Waals surface area contributed by atoms with E-state index < -0.39 is 33.6 Å². The molecule has 0 spiro atoms. The van der Waals surface area contributed by atoms with E-state index in [4.69, 9.17) is 0 Å². The lowest BCUT2D eigenvalue weighted by atomic mass is 9.93. The number of halogens is 3. The SMILES string of the molecule is O=C(O)C1(c2cnccn2)CNCCN1S(=O)(=O)c1ccc(OC(F)(F)F)cc1. The van der Waals surface area contributed by atoms with Gasteiger partial charge in [0.1, 0.15) is 5.75 Å². The highest BCUT2D eigenvalue weighted by Crippen LogP contribution is 2.35. The van der Waals surface area contributed by atoms with Gasteiger partial charge in [-0.15, -0.1) is 13.2 Å². The molecule has 2 aromatic rings. The maximum absolute atomic E-state index is 13.2. The fourth-order valence-corrected chi connectivity index (χ4v) is 4.73. The molecule has 0 radical (unpaired) electrons. The van der Waals surface area contributed by atoms with Crippen LogP contribution in [-0.2, 0) is 20.4 Å². The minimum absolute atomic E-state index is 0.0969. The monoisotopic (exact) mass is 432 g/mol. The molecule has 1 atom stereocenters. The van der Waals surface area contributed by atoms with E-state index in [0.29, 0.717) is 0 Å². The van der Waals surface area contributed by atoms with E-state index >= 15 is 0 Å². The molecule has 1 fully saturated rings. The molecule has 1 aliphatic rings. The first-order valence-corrected chi connectivity index (χ1v) is 9.61. The van der Waals surface area contributed by atoms with Crippen LogP contribution < -0.4 is 10.1 Å². The van der Waals surface area contributed by atoms with E-state index in [9.17, 15) is 31.5 Å². The Hall–Kier alpha value is -2.77. The van der Waals surface area contributed by atoms with Crippen molar-refractivity contribution in [2.45, 2.75) is 16.8 Å². The summed E-state index contributed by atoms with van der Waals surface area (Å²) in [6.45, 7) is -0.300. The highest BCUT2D eigenvalue weighted by atomic mass is 32.2. The summed E-state index contributed by atoms with van der Waals surface area (Å²) < 4.78 is 67.8. The number of hydrogen-bond donors (Lipinski definition) is 2. The molecule has 1 unspecified atom stereocenters. The molecule has 156 valence electrons. The maximum Gasteiger partial charge on any atom is 0.573 e. The van der Waals surface area contributed by atoms with Crippen molar-refractivity contribution in [3.05, 3.63) is 48.5 Å². The van der Waals surface area contributed by atoms with Crippen molar-refractivity contribution in [3.63, 3.8) is 0 Å². The number of carbonyl (C=O) groups is 1.